The van der Waals surface area contributed by atoms with Gasteiger partial charge in [-0.3, -0.25) is 9.67 Å². The summed E-state index contributed by atoms with van der Waals surface area (Å²) in [5.74, 6) is 1.93. The van der Waals surface area contributed by atoms with Gasteiger partial charge >= 0.3 is 0 Å². The third-order valence-corrected chi connectivity index (χ3v) is 5.08. The maximum absolute atomic E-state index is 10.6. The maximum atomic E-state index is 10.6. The van der Waals surface area contributed by atoms with Crippen LogP contribution in [0.1, 0.15) is 42.5 Å². The molecular formula is C22H36IN5O3. The first kappa shape index (κ1) is 27.0. The van der Waals surface area contributed by atoms with Crippen LogP contribution in [0, 0.1) is 13.8 Å². The highest BCUT2D eigenvalue weighted by molar-refractivity contribution is 14.0. The van der Waals surface area contributed by atoms with Crippen LogP contribution in [0.5, 0.6) is 11.5 Å². The molecule has 9 heteroatoms. The summed E-state index contributed by atoms with van der Waals surface area (Å²) >= 11 is 0. The summed E-state index contributed by atoms with van der Waals surface area (Å²) in [5, 5.41) is 21.8. The van der Waals surface area contributed by atoms with Crippen molar-refractivity contribution in [2.24, 2.45) is 12.0 Å². The van der Waals surface area contributed by atoms with Gasteiger partial charge < -0.3 is 25.2 Å². The van der Waals surface area contributed by atoms with E-state index in [0.29, 0.717) is 23.0 Å². The number of guanidine groups is 1. The molecule has 1 aromatic carbocycles. The van der Waals surface area contributed by atoms with Crippen molar-refractivity contribution in [3.8, 4) is 11.5 Å². The first-order chi connectivity index (χ1) is 14.3. The van der Waals surface area contributed by atoms with Crippen molar-refractivity contribution in [2.75, 3.05) is 27.3 Å². The maximum Gasteiger partial charge on any atom is 0.191 e. The van der Waals surface area contributed by atoms with Crippen LogP contribution in [0.25, 0.3) is 0 Å². The lowest BCUT2D eigenvalue weighted by atomic mass is 10.1. The van der Waals surface area contributed by atoms with Gasteiger partial charge in [0.25, 0.3) is 0 Å². The Balaban J connectivity index is 0.00000480. The highest BCUT2D eigenvalue weighted by Crippen LogP contribution is 2.26. The Bertz CT molecular complexity index is 847. The van der Waals surface area contributed by atoms with Crippen LogP contribution in [0.15, 0.2) is 23.2 Å². The van der Waals surface area contributed by atoms with Crippen LogP contribution in [0.4, 0.5) is 0 Å². The van der Waals surface area contributed by atoms with Crippen molar-refractivity contribution >= 4 is 29.9 Å². The molecule has 0 saturated carbocycles. The standard InChI is InChI=1S/C22H35N5O3.HI/c1-8-23-22(25-14(2)9-20-15(3)26-27(5)16(20)4)24-13-21(28)17-10-18(29-6)12-19(11-17)30-7;/h10-12,14,21,28H,8-9,13H2,1-7H3,(H2,23,24,25);1H. The van der Waals surface area contributed by atoms with Crippen molar-refractivity contribution in [3.05, 3.63) is 40.7 Å². The minimum Gasteiger partial charge on any atom is -0.497 e. The van der Waals surface area contributed by atoms with E-state index < -0.39 is 6.10 Å². The van der Waals surface area contributed by atoms with E-state index in [1.165, 1.54) is 11.3 Å². The van der Waals surface area contributed by atoms with Crippen LogP contribution in [-0.4, -0.2) is 54.2 Å². The van der Waals surface area contributed by atoms with Gasteiger partial charge in [0.05, 0.1) is 32.6 Å². The Morgan fingerprint density at radius 1 is 1.19 bits per heavy atom. The molecule has 8 nitrogen and oxygen atoms in total. The quantitative estimate of drug-likeness (QED) is 0.255. The number of rotatable bonds is 9. The number of halogens is 1. The molecule has 0 aliphatic carbocycles. The molecule has 0 fully saturated rings. The molecule has 0 amide bonds. The van der Waals surface area contributed by atoms with Gasteiger partial charge in [0.15, 0.2) is 5.96 Å². The third-order valence-electron chi connectivity index (χ3n) is 5.08. The largest absolute Gasteiger partial charge is 0.497 e. The van der Waals surface area contributed by atoms with Gasteiger partial charge in [-0.1, -0.05) is 0 Å². The first-order valence-corrected chi connectivity index (χ1v) is 10.2. The minimum atomic E-state index is -0.775. The lowest BCUT2D eigenvalue weighted by molar-refractivity contribution is 0.186. The molecule has 2 atom stereocenters. The number of ether oxygens (including phenoxy) is 2. The van der Waals surface area contributed by atoms with Gasteiger partial charge in [-0.2, -0.15) is 5.10 Å². The van der Waals surface area contributed by atoms with Crippen LogP contribution in [-0.2, 0) is 13.5 Å². The number of aliphatic hydroxyl groups is 1. The molecule has 0 radical (unpaired) electrons. The number of methoxy groups -OCH3 is 2. The van der Waals surface area contributed by atoms with E-state index in [4.69, 9.17) is 9.47 Å². The van der Waals surface area contributed by atoms with E-state index >= 15 is 0 Å². The molecule has 0 aliphatic heterocycles. The molecule has 31 heavy (non-hydrogen) atoms. The Hall–Kier alpha value is -2.01. The molecule has 0 aliphatic rings. The molecule has 2 aromatic rings. The molecule has 0 saturated heterocycles. The zero-order chi connectivity index (χ0) is 22.3. The van der Waals surface area contributed by atoms with Crippen LogP contribution in [0.2, 0.25) is 0 Å². The zero-order valence-corrected chi connectivity index (χ0v) is 21.9. The second-order valence-corrected chi connectivity index (χ2v) is 7.40. The van der Waals surface area contributed by atoms with Gasteiger partial charge in [0.2, 0.25) is 0 Å². The Morgan fingerprint density at radius 2 is 1.81 bits per heavy atom. The number of nitrogens with zero attached hydrogens (tertiary/aromatic N) is 3. The number of aryl methyl sites for hydroxylation is 2. The van der Waals surface area contributed by atoms with Crippen LogP contribution in [0.3, 0.4) is 0 Å². The molecule has 1 heterocycles. The predicted octanol–water partition coefficient (Wildman–Crippen LogP) is 2.89. The lowest BCUT2D eigenvalue weighted by Gasteiger charge is -2.19. The average Bonchev–Trinajstić information content (AvgIpc) is 2.97. The van der Waals surface area contributed by atoms with E-state index in [9.17, 15) is 5.11 Å². The summed E-state index contributed by atoms with van der Waals surface area (Å²) in [7, 11) is 5.14. The van der Waals surface area contributed by atoms with Crippen molar-refractivity contribution in [1.82, 2.24) is 20.4 Å². The van der Waals surface area contributed by atoms with Crippen molar-refractivity contribution in [2.45, 2.75) is 46.3 Å². The van der Waals surface area contributed by atoms with E-state index in [1.807, 2.05) is 25.6 Å². The minimum absolute atomic E-state index is 0. The number of nitrogens with one attached hydrogen (secondary N) is 2. The summed E-state index contributed by atoms with van der Waals surface area (Å²) in [5.41, 5.74) is 4.16. The smallest absolute Gasteiger partial charge is 0.191 e. The molecule has 2 unspecified atom stereocenters. The number of benzene rings is 1. The van der Waals surface area contributed by atoms with Crippen LogP contribution < -0.4 is 20.1 Å². The average molecular weight is 545 g/mol. The predicted molar refractivity (Wildman–Crippen MR) is 135 cm³/mol. The van der Waals surface area contributed by atoms with E-state index in [-0.39, 0.29) is 36.6 Å². The second-order valence-electron chi connectivity index (χ2n) is 7.40. The fourth-order valence-corrected chi connectivity index (χ4v) is 3.33. The normalized spacial score (nSPS) is 13.2. The molecule has 0 spiro atoms. The van der Waals surface area contributed by atoms with Crippen molar-refractivity contribution in [1.29, 1.82) is 0 Å². The summed E-state index contributed by atoms with van der Waals surface area (Å²) < 4.78 is 12.5. The SMILES string of the molecule is CCNC(=NCC(O)c1cc(OC)cc(OC)c1)NC(C)Cc1c(C)nn(C)c1C.I. The van der Waals surface area contributed by atoms with E-state index in [0.717, 1.165) is 18.7 Å². The van der Waals surface area contributed by atoms with Crippen molar-refractivity contribution in [3.63, 3.8) is 0 Å². The number of aliphatic imine (C=N–C) groups is 1. The highest BCUT2D eigenvalue weighted by atomic mass is 127. The number of aromatic nitrogens is 2. The van der Waals surface area contributed by atoms with Gasteiger partial charge in [0.1, 0.15) is 11.5 Å². The van der Waals surface area contributed by atoms with E-state index in [1.54, 1.807) is 32.4 Å². The van der Waals surface area contributed by atoms with Gasteiger partial charge in [0, 0.05) is 31.4 Å². The number of aliphatic hydroxyl groups excluding tert-OH is 1. The number of hydrogen-bond donors (Lipinski definition) is 3. The molecule has 3 N–H and O–H groups in total. The molecule has 0 bridgehead atoms. The summed E-state index contributed by atoms with van der Waals surface area (Å²) in [6, 6.07) is 5.51. The van der Waals surface area contributed by atoms with Gasteiger partial charge in [-0.25, -0.2) is 0 Å². The molecule has 2 rings (SSSR count). The van der Waals surface area contributed by atoms with Gasteiger partial charge in [-0.15, -0.1) is 24.0 Å². The Morgan fingerprint density at radius 3 is 2.29 bits per heavy atom. The Labute approximate surface area is 202 Å². The first-order valence-electron chi connectivity index (χ1n) is 10.2. The van der Waals surface area contributed by atoms with E-state index in [2.05, 4.69) is 34.6 Å². The topological polar surface area (TPSA) is 92.9 Å². The molecule has 174 valence electrons. The van der Waals surface area contributed by atoms with Gasteiger partial charge in [-0.05, 0) is 57.4 Å². The lowest BCUT2D eigenvalue weighted by Crippen LogP contribution is -2.43. The summed E-state index contributed by atoms with van der Waals surface area (Å²) in [6.07, 6.45) is 0.0635. The van der Waals surface area contributed by atoms with Crippen LogP contribution >= 0.6 is 24.0 Å². The highest BCUT2D eigenvalue weighted by Gasteiger charge is 2.15. The fourth-order valence-electron chi connectivity index (χ4n) is 3.33. The summed E-state index contributed by atoms with van der Waals surface area (Å²) in [6.45, 7) is 9.19. The molecule has 1 aromatic heterocycles. The number of hydrogen-bond acceptors (Lipinski definition) is 5. The Kier molecular flexibility index (Phi) is 11.1. The second kappa shape index (κ2) is 12.7. The monoisotopic (exact) mass is 545 g/mol. The summed E-state index contributed by atoms with van der Waals surface area (Å²) in [4.78, 5) is 4.57. The third kappa shape index (κ3) is 7.57. The molecular weight excluding hydrogens is 509 g/mol. The zero-order valence-electron chi connectivity index (χ0n) is 19.5. The fraction of sp³-hybridized carbons (Fsp3) is 0.545. The van der Waals surface area contributed by atoms with Crippen molar-refractivity contribution < 1.29 is 14.6 Å².